The van der Waals surface area contributed by atoms with E-state index in [1.54, 1.807) is 6.20 Å². The topological polar surface area (TPSA) is 32.9 Å². The van der Waals surface area contributed by atoms with Crippen LogP contribution in [0.4, 0.5) is 0 Å². The molecule has 0 fully saturated rings. The zero-order valence-corrected chi connectivity index (χ0v) is 8.88. The molecule has 0 spiro atoms. The van der Waals surface area contributed by atoms with Crippen molar-refractivity contribution in [1.29, 1.82) is 0 Å². The van der Waals surface area contributed by atoms with Crippen LogP contribution in [-0.4, -0.2) is 4.98 Å². The molecule has 2 heteroatoms. The molecule has 0 atom stereocenters. The average Bonchev–Trinajstić information content (AvgIpc) is 2.20. The van der Waals surface area contributed by atoms with Gasteiger partial charge in [0.15, 0.2) is 0 Å². The molecule has 0 aliphatic rings. The van der Waals surface area contributed by atoms with Crippen LogP contribution in [0.1, 0.15) is 44.6 Å². The third-order valence-electron chi connectivity index (χ3n) is 2.45. The Morgan fingerprint density at radius 3 is 2.71 bits per heavy atom. The third kappa shape index (κ3) is 3.77. The van der Waals surface area contributed by atoms with Crippen LogP contribution in [-0.2, 0) is 6.42 Å². The highest BCUT2D eigenvalue weighted by atomic mass is 16.1. The summed E-state index contributed by atoms with van der Waals surface area (Å²) in [4.78, 5) is 14.0. The minimum Gasteiger partial charge on any atom is -0.329 e. The molecular weight excluding hydrogens is 174 g/mol. The van der Waals surface area contributed by atoms with E-state index in [1.165, 1.54) is 25.7 Å². The molecule has 2 nitrogen and oxygen atoms in total. The number of aromatic amines is 1. The summed E-state index contributed by atoms with van der Waals surface area (Å²) < 4.78 is 0. The smallest absolute Gasteiger partial charge is 0.251 e. The molecule has 0 unspecified atom stereocenters. The van der Waals surface area contributed by atoms with Crippen LogP contribution in [0.3, 0.4) is 0 Å². The average molecular weight is 193 g/mol. The Kier molecular flexibility index (Phi) is 5.05. The van der Waals surface area contributed by atoms with E-state index in [0.29, 0.717) is 0 Å². The van der Waals surface area contributed by atoms with Gasteiger partial charge in [-0.3, -0.25) is 4.79 Å². The minimum atomic E-state index is 0.0722. The number of aryl methyl sites for hydroxylation is 1. The summed E-state index contributed by atoms with van der Waals surface area (Å²) in [7, 11) is 0. The maximum absolute atomic E-state index is 11.3. The Hall–Kier alpha value is -1.05. The van der Waals surface area contributed by atoms with E-state index in [0.717, 1.165) is 18.4 Å². The lowest BCUT2D eigenvalue weighted by atomic mass is 10.1. The van der Waals surface area contributed by atoms with Gasteiger partial charge in [0.25, 0.3) is 5.56 Å². The van der Waals surface area contributed by atoms with Crippen molar-refractivity contribution in [3.63, 3.8) is 0 Å². The summed E-state index contributed by atoms with van der Waals surface area (Å²) in [5.74, 6) is 0. The van der Waals surface area contributed by atoms with Gasteiger partial charge in [0.05, 0.1) is 0 Å². The predicted molar refractivity (Wildman–Crippen MR) is 59.5 cm³/mol. The maximum atomic E-state index is 11.3. The van der Waals surface area contributed by atoms with Crippen molar-refractivity contribution in [2.45, 2.75) is 45.4 Å². The first-order chi connectivity index (χ1) is 6.84. The molecular formula is C12H19NO. The van der Waals surface area contributed by atoms with Gasteiger partial charge in [0.2, 0.25) is 0 Å². The molecule has 0 saturated carbocycles. The van der Waals surface area contributed by atoms with Crippen molar-refractivity contribution < 1.29 is 0 Å². The largest absolute Gasteiger partial charge is 0.329 e. The second-order valence-corrected chi connectivity index (χ2v) is 3.69. The van der Waals surface area contributed by atoms with E-state index in [9.17, 15) is 4.79 Å². The van der Waals surface area contributed by atoms with Gasteiger partial charge in [-0.2, -0.15) is 0 Å². The van der Waals surface area contributed by atoms with E-state index >= 15 is 0 Å². The van der Waals surface area contributed by atoms with Crippen LogP contribution in [0.25, 0.3) is 0 Å². The number of hydrogen-bond acceptors (Lipinski definition) is 1. The number of aromatic nitrogens is 1. The van der Waals surface area contributed by atoms with Gasteiger partial charge in [-0.05, 0) is 18.9 Å². The monoisotopic (exact) mass is 193 g/mol. The fourth-order valence-corrected chi connectivity index (χ4v) is 1.57. The van der Waals surface area contributed by atoms with E-state index < -0.39 is 0 Å². The number of unbranched alkanes of at least 4 members (excludes halogenated alkanes) is 4. The van der Waals surface area contributed by atoms with Gasteiger partial charge in [0, 0.05) is 11.8 Å². The first kappa shape index (κ1) is 11.0. The fourth-order valence-electron chi connectivity index (χ4n) is 1.57. The van der Waals surface area contributed by atoms with E-state index in [1.807, 2.05) is 12.1 Å². The summed E-state index contributed by atoms with van der Waals surface area (Å²) in [6.07, 6.45) is 8.84. The lowest BCUT2D eigenvalue weighted by Crippen LogP contribution is -2.10. The predicted octanol–water partition coefficient (Wildman–Crippen LogP) is 2.89. The summed E-state index contributed by atoms with van der Waals surface area (Å²) in [5.41, 5.74) is 0.993. The molecule has 1 aromatic heterocycles. The van der Waals surface area contributed by atoms with Crippen molar-refractivity contribution >= 4 is 0 Å². The van der Waals surface area contributed by atoms with Crippen LogP contribution < -0.4 is 5.56 Å². The molecule has 0 aromatic carbocycles. The minimum absolute atomic E-state index is 0.0722. The standard InChI is InChI=1S/C12H19NO/c1-2-3-4-5-6-8-11-9-7-10-13-12(11)14/h7,9-10H,2-6,8H2,1H3,(H,13,14). The number of rotatable bonds is 6. The normalized spacial score (nSPS) is 10.4. The molecule has 0 aliphatic heterocycles. The Morgan fingerprint density at radius 1 is 1.21 bits per heavy atom. The van der Waals surface area contributed by atoms with Crippen molar-refractivity contribution in [1.82, 2.24) is 4.98 Å². The van der Waals surface area contributed by atoms with Gasteiger partial charge in [-0.15, -0.1) is 0 Å². The highest BCUT2D eigenvalue weighted by Crippen LogP contribution is 2.05. The Morgan fingerprint density at radius 2 is 2.00 bits per heavy atom. The van der Waals surface area contributed by atoms with Crippen LogP contribution >= 0.6 is 0 Å². The first-order valence-corrected chi connectivity index (χ1v) is 5.51. The molecule has 1 N–H and O–H groups in total. The molecule has 0 amide bonds. The molecule has 0 saturated heterocycles. The summed E-state index contributed by atoms with van der Waals surface area (Å²) >= 11 is 0. The molecule has 78 valence electrons. The second kappa shape index (κ2) is 6.41. The van der Waals surface area contributed by atoms with Gasteiger partial charge >= 0.3 is 0 Å². The number of nitrogens with one attached hydrogen (secondary N) is 1. The quantitative estimate of drug-likeness (QED) is 0.692. The van der Waals surface area contributed by atoms with E-state index in [2.05, 4.69) is 11.9 Å². The van der Waals surface area contributed by atoms with Crippen molar-refractivity contribution in [2.24, 2.45) is 0 Å². The summed E-state index contributed by atoms with van der Waals surface area (Å²) in [5, 5.41) is 0. The summed E-state index contributed by atoms with van der Waals surface area (Å²) in [6.45, 7) is 2.21. The molecule has 14 heavy (non-hydrogen) atoms. The Bertz CT molecular complexity index is 303. The van der Waals surface area contributed by atoms with Crippen molar-refractivity contribution in [2.75, 3.05) is 0 Å². The molecule has 0 bridgehead atoms. The Balaban J connectivity index is 2.25. The van der Waals surface area contributed by atoms with Gasteiger partial charge in [0.1, 0.15) is 0 Å². The Labute approximate surface area is 85.4 Å². The number of hydrogen-bond donors (Lipinski definition) is 1. The fraction of sp³-hybridized carbons (Fsp3) is 0.583. The van der Waals surface area contributed by atoms with Crippen LogP contribution in [0.2, 0.25) is 0 Å². The first-order valence-electron chi connectivity index (χ1n) is 5.51. The third-order valence-corrected chi connectivity index (χ3v) is 2.45. The van der Waals surface area contributed by atoms with Gasteiger partial charge in [-0.1, -0.05) is 38.7 Å². The molecule has 0 radical (unpaired) electrons. The van der Waals surface area contributed by atoms with Crippen LogP contribution in [0, 0.1) is 0 Å². The SMILES string of the molecule is CCCCCCCc1ccc[nH]c1=O. The van der Waals surface area contributed by atoms with Gasteiger partial charge < -0.3 is 4.98 Å². The van der Waals surface area contributed by atoms with Gasteiger partial charge in [-0.25, -0.2) is 0 Å². The van der Waals surface area contributed by atoms with Crippen LogP contribution in [0.15, 0.2) is 23.1 Å². The maximum Gasteiger partial charge on any atom is 0.251 e. The van der Waals surface area contributed by atoms with Crippen molar-refractivity contribution in [3.8, 4) is 0 Å². The highest BCUT2D eigenvalue weighted by molar-refractivity contribution is 5.08. The van der Waals surface area contributed by atoms with E-state index in [4.69, 9.17) is 0 Å². The van der Waals surface area contributed by atoms with Crippen molar-refractivity contribution in [3.05, 3.63) is 34.2 Å². The molecule has 1 aromatic rings. The zero-order valence-electron chi connectivity index (χ0n) is 8.88. The number of H-pyrrole nitrogens is 1. The van der Waals surface area contributed by atoms with Crippen LogP contribution in [0.5, 0.6) is 0 Å². The molecule has 0 aliphatic carbocycles. The highest BCUT2D eigenvalue weighted by Gasteiger charge is 1.97. The zero-order chi connectivity index (χ0) is 10.2. The number of pyridine rings is 1. The van der Waals surface area contributed by atoms with E-state index in [-0.39, 0.29) is 5.56 Å². The molecule has 1 heterocycles. The lowest BCUT2D eigenvalue weighted by Gasteiger charge is -1.99. The lowest BCUT2D eigenvalue weighted by molar-refractivity contribution is 0.630. The summed E-state index contributed by atoms with van der Waals surface area (Å²) in [6, 6.07) is 3.81. The second-order valence-electron chi connectivity index (χ2n) is 3.69. The molecule has 1 rings (SSSR count).